The Bertz CT molecular complexity index is 2700. The topological polar surface area (TPSA) is 29.5 Å². The van der Waals surface area contributed by atoms with Crippen molar-refractivity contribution in [2.75, 3.05) is 4.90 Å². The second-order valence-electron chi connectivity index (χ2n) is 13.3. The van der Waals surface area contributed by atoms with Gasteiger partial charge in [0.2, 0.25) is 0 Å². The Morgan fingerprint density at radius 1 is 0.458 bits per heavy atom. The minimum absolute atomic E-state index is 0.126. The van der Waals surface area contributed by atoms with Crippen molar-refractivity contribution in [1.82, 2.24) is 0 Å². The first-order valence-electron chi connectivity index (χ1n) is 16.5. The highest BCUT2D eigenvalue weighted by atomic mass is 16.3. The maximum atomic E-state index is 6.93. The van der Waals surface area contributed by atoms with E-state index in [-0.39, 0.29) is 5.41 Å². The van der Waals surface area contributed by atoms with E-state index in [1.165, 1.54) is 22.3 Å². The third kappa shape index (κ3) is 3.82. The van der Waals surface area contributed by atoms with E-state index < -0.39 is 0 Å². The molecule has 0 aliphatic heterocycles. The van der Waals surface area contributed by atoms with Crippen molar-refractivity contribution in [3.63, 3.8) is 0 Å². The van der Waals surface area contributed by atoms with Crippen molar-refractivity contribution >= 4 is 60.9 Å². The molecule has 0 radical (unpaired) electrons. The molecule has 0 atom stereocenters. The van der Waals surface area contributed by atoms with Gasteiger partial charge in [-0.2, -0.15) is 0 Å². The summed E-state index contributed by atoms with van der Waals surface area (Å²) in [7, 11) is 0. The molecule has 0 saturated heterocycles. The summed E-state index contributed by atoms with van der Waals surface area (Å²) in [5.41, 5.74) is 14.0. The first kappa shape index (κ1) is 27.1. The van der Waals surface area contributed by atoms with Crippen LogP contribution in [0.3, 0.4) is 0 Å². The van der Waals surface area contributed by atoms with E-state index in [1.807, 2.05) is 24.3 Å². The molecule has 228 valence electrons. The van der Waals surface area contributed by atoms with Gasteiger partial charge >= 0.3 is 0 Å². The molecule has 0 spiro atoms. The number of fused-ring (bicyclic) bond motifs is 10. The van der Waals surface area contributed by atoms with Crippen LogP contribution in [0.5, 0.6) is 0 Å². The Hall–Kier alpha value is -6.06. The number of hydrogen-bond donors (Lipinski definition) is 0. The van der Waals surface area contributed by atoms with Gasteiger partial charge in [-0.3, -0.25) is 0 Å². The Morgan fingerprint density at radius 2 is 1.12 bits per heavy atom. The summed E-state index contributed by atoms with van der Waals surface area (Å²) >= 11 is 0. The fourth-order valence-electron chi connectivity index (χ4n) is 7.97. The Morgan fingerprint density at radius 3 is 1.96 bits per heavy atom. The molecule has 1 aliphatic carbocycles. The molecule has 0 fully saturated rings. The lowest BCUT2D eigenvalue weighted by atomic mass is 9.82. The third-order valence-corrected chi connectivity index (χ3v) is 10.2. The summed E-state index contributed by atoms with van der Waals surface area (Å²) in [5, 5.41) is 4.31. The lowest BCUT2D eigenvalue weighted by Crippen LogP contribution is -2.16. The first-order valence-corrected chi connectivity index (χ1v) is 16.5. The van der Waals surface area contributed by atoms with E-state index >= 15 is 0 Å². The van der Waals surface area contributed by atoms with Gasteiger partial charge in [-0.15, -0.1) is 0 Å². The molecule has 9 aromatic rings. The molecule has 0 amide bonds. The van der Waals surface area contributed by atoms with E-state index in [1.54, 1.807) is 0 Å². The van der Waals surface area contributed by atoms with Gasteiger partial charge in [-0.25, -0.2) is 0 Å². The molecule has 2 aromatic heterocycles. The van der Waals surface area contributed by atoms with E-state index in [0.29, 0.717) is 0 Å². The van der Waals surface area contributed by atoms with E-state index in [0.717, 1.165) is 72.1 Å². The number of rotatable bonds is 4. The second kappa shape index (κ2) is 9.97. The van der Waals surface area contributed by atoms with Crippen molar-refractivity contribution < 1.29 is 8.83 Å². The summed E-state index contributed by atoms with van der Waals surface area (Å²) < 4.78 is 13.3. The molecule has 3 heteroatoms. The second-order valence-corrected chi connectivity index (χ2v) is 13.3. The molecule has 1 aliphatic rings. The van der Waals surface area contributed by atoms with Gasteiger partial charge in [-0.05, 0) is 88.0 Å². The zero-order valence-electron chi connectivity index (χ0n) is 26.7. The standard InChI is InChI=1S/C45H31NO2/c1-45(2)36-19-11-9-17-32(36)33-22-21-31(27-37(33)45)46(30-15-7-4-8-16-30)38-26-29(28-13-5-3-6-14-28)25-35-43-41(48-44(35)38)24-23-40-42(43)34-18-10-12-20-39(34)47-40/h3-27H,1-2H3. The van der Waals surface area contributed by atoms with Gasteiger partial charge < -0.3 is 13.7 Å². The molecule has 2 heterocycles. The van der Waals surface area contributed by atoms with Gasteiger partial charge in [0, 0.05) is 38.3 Å². The Balaban J connectivity index is 1.31. The van der Waals surface area contributed by atoms with Crippen LogP contribution in [0.1, 0.15) is 25.0 Å². The van der Waals surface area contributed by atoms with Crippen LogP contribution in [0.2, 0.25) is 0 Å². The van der Waals surface area contributed by atoms with Crippen molar-refractivity contribution in [1.29, 1.82) is 0 Å². The molecule has 0 N–H and O–H groups in total. The average molecular weight is 618 g/mol. The lowest BCUT2D eigenvalue weighted by molar-refractivity contribution is 0.660. The number of benzene rings is 7. The zero-order valence-corrected chi connectivity index (χ0v) is 26.7. The third-order valence-electron chi connectivity index (χ3n) is 10.2. The van der Waals surface area contributed by atoms with Crippen LogP contribution >= 0.6 is 0 Å². The summed E-state index contributed by atoms with van der Waals surface area (Å²) in [4.78, 5) is 2.36. The van der Waals surface area contributed by atoms with Gasteiger partial charge in [0.25, 0.3) is 0 Å². The number of furan rings is 2. The Labute approximate surface area is 278 Å². The quantitative estimate of drug-likeness (QED) is 0.197. The summed E-state index contributed by atoms with van der Waals surface area (Å²) in [6, 6.07) is 53.9. The normalized spacial score (nSPS) is 13.4. The smallest absolute Gasteiger partial charge is 0.159 e. The van der Waals surface area contributed by atoms with Crippen molar-refractivity contribution in [3.8, 4) is 22.3 Å². The largest absolute Gasteiger partial charge is 0.456 e. The van der Waals surface area contributed by atoms with Crippen LogP contribution in [0.25, 0.3) is 66.1 Å². The minimum atomic E-state index is -0.126. The van der Waals surface area contributed by atoms with Gasteiger partial charge in [0.15, 0.2) is 5.58 Å². The summed E-state index contributed by atoms with van der Waals surface area (Å²) in [5.74, 6) is 0. The molecule has 3 nitrogen and oxygen atoms in total. The molecule has 0 bridgehead atoms. The number of nitrogens with zero attached hydrogens (tertiary/aromatic N) is 1. The number of hydrogen-bond acceptors (Lipinski definition) is 3. The average Bonchev–Trinajstić information content (AvgIpc) is 3.77. The van der Waals surface area contributed by atoms with Crippen LogP contribution in [-0.4, -0.2) is 0 Å². The molecule has 7 aromatic carbocycles. The van der Waals surface area contributed by atoms with Crippen molar-refractivity contribution in [3.05, 3.63) is 163 Å². The van der Waals surface area contributed by atoms with Crippen LogP contribution < -0.4 is 4.90 Å². The summed E-state index contributed by atoms with van der Waals surface area (Å²) in [6.07, 6.45) is 0. The van der Waals surface area contributed by atoms with Crippen molar-refractivity contribution in [2.45, 2.75) is 19.3 Å². The van der Waals surface area contributed by atoms with E-state index in [2.05, 4.69) is 146 Å². The predicted octanol–water partition coefficient (Wildman–Crippen LogP) is 12.9. The molecular formula is C45H31NO2. The highest BCUT2D eigenvalue weighted by Gasteiger charge is 2.36. The Kier molecular flexibility index (Phi) is 5.63. The van der Waals surface area contributed by atoms with Crippen LogP contribution in [0.4, 0.5) is 17.1 Å². The maximum absolute atomic E-state index is 6.93. The lowest BCUT2D eigenvalue weighted by Gasteiger charge is -2.28. The van der Waals surface area contributed by atoms with Crippen molar-refractivity contribution in [2.24, 2.45) is 0 Å². The monoisotopic (exact) mass is 617 g/mol. The number of para-hydroxylation sites is 2. The molecule has 10 rings (SSSR count). The summed E-state index contributed by atoms with van der Waals surface area (Å²) in [6.45, 7) is 4.67. The highest BCUT2D eigenvalue weighted by Crippen LogP contribution is 2.52. The fourth-order valence-corrected chi connectivity index (χ4v) is 7.97. The van der Waals surface area contributed by atoms with Crippen LogP contribution in [-0.2, 0) is 5.41 Å². The van der Waals surface area contributed by atoms with E-state index in [4.69, 9.17) is 8.83 Å². The SMILES string of the molecule is CC1(C)c2ccccc2-c2ccc(N(c3ccccc3)c3cc(-c4ccccc4)cc4c3oc3ccc5oc6ccccc6c5c34)cc21. The molecule has 0 saturated carbocycles. The van der Waals surface area contributed by atoms with Crippen LogP contribution in [0, 0.1) is 0 Å². The van der Waals surface area contributed by atoms with Gasteiger partial charge in [-0.1, -0.05) is 111 Å². The minimum Gasteiger partial charge on any atom is -0.456 e. The zero-order chi connectivity index (χ0) is 32.0. The van der Waals surface area contributed by atoms with E-state index in [9.17, 15) is 0 Å². The van der Waals surface area contributed by atoms with Gasteiger partial charge in [0.1, 0.15) is 16.7 Å². The molecule has 48 heavy (non-hydrogen) atoms. The predicted molar refractivity (Wildman–Crippen MR) is 199 cm³/mol. The van der Waals surface area contributed by atoms with Gasteiger partial charge in [0.05, 0.1) is 5.69 Å². The van der Waals surface area contributed by atoms with Crippen LogP contribution in [0.15, 0.2) is 160 Å². The molecule has 0 unspecified atom stereocenters. The number of anilines is 3. The molecular weight excluding hydrogens is 587 g/mol. The highest BCUT2D eigenvalue weighted by molar-refractivity contribution is 6.27. The first-order chi connectivity index (χ1) is 23.6. The maximum Gasteiger partial charge on any atom is 0.159 e. The fraction of sp³-hybridized carbons (Fsp3) is 0.0667.